The third-order valence-electron chi connectivity index (χ3n) is 7.44. The van der Waals surface area contributed by atoms with Gasteiger partial charge in [0.15, 0.2) is 23.3 Å². The summed E-state index contributed by atoms with van der Waals surface area (Å²) in [5.74, 6) is -1.08. The maximum Gasteiger partial charge on any atom is 0.488 e. The molecule has 0 aliphatic carbocycles. The van der Waals surface area contributed by atoms with E-state index in [0.29, 0.717) is 27.8 Å². The first-order chi connectivity index (χ1) is 23.4. The number of nitrogens with one attached hydrogen (secondary N) is 2. The number of carbonyl (C=O) groups excluding carboxylic acids is 3. The summed E-state index contributed by atoms with van der Waals surface area (Å²) >= 11 is 0. The van der Waals surface area contributed by atoms with Gasteiger partial charge in [-0.2, -0.15) is 9.97 Å². The third kappa shape index (κ3) is 9.80. The Morgan fingerprint density at radius 2 is 1.80 bits per heavy atom. The molecule has 4 aromatic rings. The summed E-state index contributed by atoms with van der Waals surface area (Å²) in [6.45, 7) is 1.89. The smallest absolute Gasteiger partial charge is 0.469 e. The van der Waals surface area contributed by atoms with Crippen LogP contribution in [0.25, 0.3) is 11.2 Å². The van der Waals surface area contributed by atoms with Crippen LogP contribution in [0.1, 0.15) is 40.0 Å². The number of rotatable bonds is 14. The number of anilines is 3. The Hall–Kier alpha value is -5.43. The summed E-state index contributed by atoms with van der Waals surface area (Å²) in [6.07, 6.45) is -0.534. The minimum atomic E-state index is -1.61. The van der Waals surface area contributed by atoms with Gasteiger partial charge in [-0.1, -0.05) is 23.8 Å². The molecule has 2 aromatic heterocycles. The van der Waals surface area contributed by atoms with E-state index in [2.05, 4.69) is 35.3 Å². The SMILES string of the molecule is COC(=O)CC[C@H](NC(=O)c1ccc(N(C)Cc2cnc3nc(N)nc(NC(=O)OCc4ccc(B(O)O)c(C)c4)c3n2)cc1)C(O)OC. The van der Waals surface area contributed by atoms with E-state index >= 15 is 0 Å². The van der Waals surface area contributed by atoms with Crippen molar-refractivity contribution >= 4 is 59.2 Å². The van der Waals surface area contributed by atoms with Crippen molar-refractivity contribution in [2.75, 3.05) is 37.2 Å². The highest BCUT2D eigenvalue weighted by Gasteiger charge is 2.23. The average Bonchev–Trinajstić information content (AvgIpc) is 3.08. The third-order valence-corrected chi connectivity index (χ3v) is 7.44. The number of aliphatic hydroxyl groups is 1. The van der Waals surface area contributed by atoms with Crippen molar-refractivity contribution in [2.45, 2.75) is 45.2 Å². The van der Waals surface area contributed by atoms with Gasteiger partial charge in [0.1, 0.15) is 6.61 Å². The second kappa shape index (κ2) is 16.6. The monoisotopic (exact) mass is 676 g/mol. The van der Waals surface area contributed by atoms with Gasteiger partial charge in [0.25, 0.3) is 5.91 Å². The highest BCUT2D eigenvalue weighted by atomic mass is 16.6. The standard InChI is InChI=1S/C31H37BN8O9/c1-17-13-18(5-10-22(17)32(45)46)16-49-31(44)39-27-25-26(37-30(33)38-27)34-14-20(35-25)15-40(2)21-8-6-19(7-9-21)28(42)36-23(29(43)48-4)11-12-24(41)47-3/h5-10,13-14,23,29,43,45-46H,11-12,15-16H2,1-4H3,(H,36,42)(H3,33,34,37,38,39,44)/t23-,29?/m0/s1. The molecule has 0 saturated carbocycles. The lowest BCUT2D eigenvalue weighted by Gasteiger charge is -2.23. The number of benzene rings is 2. The topological polar surface area (TPSA) is 244 Å². The fourth-order valence-corrected chi connectivity index (χ4v) is 4.80. The lowest BCUT2D eigenvalue weighted by molar-refractivity contribution is -0.141. The first-order valence-corrected chi connectivity index (χ1v) is 15.0. The molecular weight excluding hydrogens is 639 g/mol. The molecule has 0 spiro atoms. The Kier molecular flexibility index (Phi) is 12.3. The van der Waals surface area contributed by atoms with Crippen LogP contribution in [0.15, 0.2) is 48.7 Å². The van der Waals surface area contributed by atoms with Crippen LogP contribution in [0.2, 0.25) is 0 Å². The van der Waals surface area contributed by atoms with E-state index in [1.165, 1.54) is 26.5 Å². The van der Waals surface area contributed by atoms with Gasteiger partial charge in [-0.25, -0.2) is 14.8 Å². The number of nitrogen functional groups attached to an aromatic ring is 1. The van der Waals surface area contributed by atoms with Gasteiger partial charge in [-0.15, -0.1) is 0 Å². The Balaban J connectivity index is 1.41. The average molecular weight is 676 g/mol. The second-order valence-corrected chi connectivity index (χ2v) is 11.0. The fraction of sp³-hybridized carbons (Fsp3) is 0.323. The minimum Gasteiger partial charge on any atom is -0.469 e. The zero-order chi connectivity index (χ0) is 35.7. The first-order valence-electron chi connectivity index (χ1n) is 15.0. The maximum atomic E-state index is 12.9. The highest BCUT2D eigenvalue weighted by Crippen LogP contribution is 2.21. The van der Waals surface area contributed by atoms with Gasteiger partial charge >= 0.3 is 19.2 Å². The number of ether oxygens (including phenoxy) is 3. The van der Waals surface area contributed by atoms with Crippen molar-refractivity contribution < 1.29 is 43.7 Å². The van der Waals surface area contributed by atoms with Crippen molar-refractivity contribution in [1.29, 1.82) is 0 Å². The molecule has 0 fully saturated rings. The Labute approximate surface area is 281 Å². The largest absolute Gasteiger partial charge is 0.488 e. The van der Waals surface area contributed by atoms with E-state index in [1.54, 1.807) is 43.3 Å². The Morgan fingerprint density at radius 3 is 2.45 bits per heavy atom. The van der Waals surface area contributed by atoms with Crippen LogP contribution in [-0.4, -0.2) is 93.8 Å². The number of hydrogen-bond acceptors (Lipinski definition) is 15. The van der Waals surface area contributed by atoms with Gasteiger partial charge in [0.05, 0.1) is 31.6 Å². The predicted octanol–water partition coefficient (Wildman–Crippen LogP) is 0.392. The Bertz CT molecular complexity index is 1800. The number of esters is 1. The lowest BCUT2D eigenvalue weighted by atomic mass is 9.77. The van der Waals surface area contributed by atoms with Crippen molar-refractivity contribution in [1.82, 2.24) is 25.3 Å². The van der Waals surface area contributed by atoms with Crippen LogP contribution < -0.4 is 26.7 Å². The first kappa shape index (κ1) is 36.4. The van der Waals surface area contributed by atoms with E-state index in [9.17, 15) is 29.5 Å². The number of hydrogen-bond donors (Lipinski definition) is 6. The number of aryl methyl sites for hydroxylation is 1. The van der Waals surface area contributed by atoms with E-state index in [4.69, 9.17) is 15.2 Å². The van der Waals surface area contributed by atoms with Crippen LogP contribution in [0.4, 0.5) is 22.2 Å². The van der Waals surface area contributed by atoms with Crippen molar-refractivity contribution in [3.63, 3.8) is 0 Å². The molecule has 7 N–H and O–H groups in total. The summed E-state index contributed by atoms with van der Waals surface area (Å²) in [6, 6.07) is 10.7. The van der Waals surface area contributed by atoms with Gasteiger partial charge < -0.3 is 45.3 Å². The molecule has 18 heteroatoms. The Morgan fingerprint density at radius 1 is 1.06 bits per heavy atom. The normalized spacial score (nSPS) is 12.1. The van der Waals surface area contributed by atoms with Crippen LogP contribution >= 0.6 is 0 Å². The summed E-state index contributed by atoms with van der Waals surface area (Å²) in [7, 11) is 2.75. The number of nitrogens with zero attached hydrogens (tertiary/aromatic N) is 5. The van der Waals surface area contributed by atoms with Gasteiger partial charge in [0, 0.05) is 31.8 Å². The van der Waals surface area contributed by atoms with E-state index in [1.807, 2.05) is 11.9 Å². The number of methoxy groups -OCH3 is 2. The number of amides is 2. The molecule has 0 radical (unpaired) electrons. The summed E-state index contributed by atoms with van der Waals surface area (Å²) in [5, 5.41) is 34.2. The van der Waals surface area contributed by atoms with Crippen molar-refractivity contribution in [3.05, 3.63) is 71.0 Å². The van der Waals surface area contributed by atoms with Crippen LogP contribution in [0.3, 0.4) is 0 Å². The molecule has 2 heterocycles. The molecule has 1 unspecified atom stereocenters. The number of carbonyl (C=O) groups is 3. The number of aromatic nitrogens is 4. The predicted molar refractivity (Wildman–Crippen MR) is 178 cm³/mol. The molecule has 0 aliphatic heterocycles. The minimum absolute atomic E-state index is 0.00159. The molecule has 258 valence electrons. The second-order valence-electron chi connectivity index (χ2n) is 11.0. The van der Waals surface area contributed by atoms with Crippen LogP contribution in [-0.2, 0) is 32.2 Å². The zero-order valence-electron chi connectivity index (χ0n) is 27.3. The van der Waals surface area contributed by atoms with E-state index in [0.717, 1.165) is 5.69 Å². The van der Waals surface area contributed by atoms with Gasteiger partial charge in [-0.3, -0.25) is 14.9 Å². The number of fused-ring (bicyclic) bond motifs is 1. The molecule has 0 saturated heterocycles. The summed E-state index contributed by atoms with van der Waals surface area (Å²) < 4.78 is 14.9. The zero-order valence-corrected chi connectivity index (χ0v) is 27.3. The van der Waals surface area contributed by atoms with Crippen LogP contribution in [0, 0.1) is 6.92 Å². The molecular formula is C31H37BN8O9. The van der Waals surface area contributed by atoms with Gasteiger partial charge in [-0.05, 0) is 48.6 Å². The van der Waals surface area contributed by atoms with E-state index < -0.39 is 37.4 Å². The lowest BCUT2D eigenvalue weighted by Crippen LogP contribution is -2.44. The summed E-state index contributed by atoms with van der Waals surface area (Å²) in [5.41, 5.74) is 9.34. The van der Waals surface area contributed by atoms with Gasteiger partial charge in [0.2, 0.25) is 5.95 Å². The fourth-order valence-electron chi connectivity index (χ4n) is 4.80. The highest BCUT2D eigenvalue weighted by molar-refractivity contribution is 6.59. The van der Waals surface area contributed by atoms with Crippen LogP contribution in [0.5, 0.6) is 0 Å². The molecule has 2 amide bonds. The molecule has 49 heavy (non-hydrogen) atoms. The molecule has 2 atom stereocenters. The quantitative estimate of drug-likeness (QED) is 0.0601. The van der Waals surface area contributed by atoms with Crippen molar-refractivity contribution in [2.24, 2.45) is 0 Å². The van der Waals surface area contributed by atoms with E-state index in [-0.39, 0.29) is 48.9 Å². The molecule has 0 bridgehead atoms. The maximum absolute atomic E-state index is 12.9. The molecule has 0 aliphatic rings. The molecule has 2 aromatic carbocycles. The summed E-state index contributed by atoms with van der Waals surface area (Å²) in [4.78, 5) is 56.1. The van der Waals surface area contributed by atoms with Crippen molar-refractivity contribution in [3.8, 4) is 0 Å². The molecule has 17 nitrogen and oxygen atoms in total. The molecule has 4 rings (SSSR count). The number of aliphatic hydroxyl groups excluding tert-OH is 1. The number of nitrogens with two attached hydrogens (primary N) is 1.